The number of hydrogen-bond acceptors (Lipinski definition) is 4. The highest BCUT2D eigenvalue weighted by molar-refractivity contribution is 6.05. The van der Waals surface area contributed by atoms with Crippen LogP contribution >= 0.6 is 0 Å². The van der Waals surface area contributed by atoms with Crippen LogP contribution in [0.25, 0.3) is 16.6 Å². The van der Waals surface area contributed by atoms with E-state index in [0.29, 0.717) is 22.4 Å². The number of carbonyl (C=O) groups is 1. The number of hydrogen-bond donors (Lipinski definition) is 1. The number of amides is 1. The van der Waals surface area contributed by atoms with Crippen molar-refractivity contribution in [3.63, 3.8) is 0 Å². The van der Waals surface area contributed by atoms with Gasteiger partial charge in [-0.3, -0.25) is 4.79 Å². The predicted molar refractivity (Wildman–Crippen MR) is 85.6 cm³/mol. The number of nitrogens with zero attached hydrogens (tertiary/aromatic N) is 2. The zero-order chi connectivity index (χ0) is 15.8. The lowest BCUT2D eigenvalue weighted by molar-refractivity contribution is 0.102. The fourth-order valence-corrected chi connectivity index (χ4v) is 2.40. The van der Waals surface area contributed by atoms with Crippen molar-refractivity contribution in [1.29, 1.82) is 0 Å². The normalized spacial score (nSPS) is 11.0. The van der Waals surface area contributed by atoms with Gasteiger partial charge in [0, 0.05) is 11.6 Å². The second-order valence-electron chi connectivity index (χ2n) is 5.03. The Bertz CT molecular complexity index is 1060. The summed E-state index contributed by atoms with van der Waals surface area (Å²) in [6.45, 7) is 0. The van der Waals surface area contributed by atoms with Crippen LogP contribution in [0.1, 0.15) is 10.4 Å². The molecule has 0 fully saturated rings. The molecule has 0 atom stereocenters. The minimum Gasteiger partial charge on any atom is -0.422 e. The maximum absolute atomic E-state index is 12.3. The van der Waals surface area contributed by atoms with Crippen molar-refractivity contribution in [2.24, 2.45) is 0 Å². The Balaban J connectivity index is 1.71. The van der Waals surface area contributed by atoms with Gasteiger partial charge in [-0.15, -0.1) is 0 Å². The quantitative estimate of drug-likeness (QED) is 0.578. The van der Waals surface area contributed by atoms with Crippen LogP contribution in [0.4, 0.5) is 5.82 Å². The zero-order valence-electron chi connectivity index (χ0n) is 11.9. The first-order valence-corrected chi connectivity index (χ1v) is 6.99. The summed E-state index contributed by atoms with van der Waals surface area (Å²) >= 11 is 0. The van der Waals surface area contributed by atoms with Crippen LogP contribution < -0.4 is 10.9 Å². The molecular weight excluding hydrogens is 294 g/mol. The Morgan fingerprint density at radius 3 is 2.83 bits per heavy atom. The third-order valence-electron chi connectivity index (χ3n) is 3.49. The van der Waals surface area contributed by atoms with Crippen LogP contribution in [0.2, 0.25) is 0 Å². The minimum absolute atomic E-state index is 0.0549. The highest BCUT2D eigenvalue weighted by atomic mass is 16.4. The molecule has 6 nitrogen and oxygen atoms in total. The standard InChI is InChI=1S/C17H11N3O3/c21-16(19-14-10-20-8-4-3-7-15(20)18-14)12-9-11-5-1-2-6-13(11)23-17(12)22/h1-10H,(H,19,21). The van der Waals surface area contributed by atoms with Crippen molar-refractivity contribution in [2.45, 2.75) is 0 Å². The number of fused-ring (bicyclic) bond motifs is 2. The number of anilines is 1. The second kappa shape index (κ2) is 5.10. The van der Waals surface area contributed by atoms with Crippen molar-refractivity contribution < 1.29 is 9.21 Å². The molecular formula is C17H11N3O3. The first-order valence-electron chi connectivity index (χ1n) is 6.99. The highest BCUT2D eigenvalue weighted by Crippen LogP contribution is 2.14. The number of benzene rings is 1. The van der Waals surface area contributed by atoms with E-state index < -0.39 is 11.5 Å². The highest BCUT2D eigenvalue weighted by Gasteiger charge is 2.15. The van der Waals surface area contributed by atoms with E-state index in [1.165, 1.54) is 6.07 Å². The molecule has 0 aliphatic rings. The summed E-state index contributed by atoms with van der Waals surface area (Å²) in [4.78, 5) is 28.6. The maximum atomic E-state index is 12.3. The van der Waals surface area contributed by atoms with Gasteiger partial charge in [-0.2, -0.15) is 0 Å². The van der Waals surface area contributed by atoms with Gasteiger partial charge in [-0.1, -0.05) is 24.3 Å². The average Bonchev–Trinajstić information content (AvgIpc) is 2.96. The summed E-state index contributed by atoms with van der Waals surface area (Å²) in [5.74, 6) is -0.179. The number of aromatic nitrogens is 2. The molecule has 0 radical (unpaired) electrons. The first-order chi connectivity index (χ1) is 11.2. The molecule has 1 amide bonds. The molecule has 112 valence electrons. The largest absolute Gasteiger partial charge is 0.422 e. The van der Waals surface area contributed by atoms with E-state index in [4.69, 9.17) is 4.42 Å². The lowest BCUT2D eigenvalue weighted by Crippen LogP contribution is -2.20. The number of carbonyl (C=O) groups excluding carboxylic acids is 1. The van der Waals surface area contributed by atoms with Crippen LogP contribution in [0.5, 0.6) is 0 Å². The van der Waals surface area contributed by atoms with Gasteiger partial charge in [0.1, 0.15) is 16.8 Å². The monoisotopic (exact) mass is 305 g/mol. The molecule has 4 rings (SSSR count). The molecule has 0 saturated heterocycles. The van der Waals surface area contributed by atoms with E-state index in [1.807, 2.05) is 30.5 Å². The van der Waals surface area contributed by atoms with Crippen LogP contribution in [0.15, 0.2) is 70.1 Å². The van der Waals surface area contributed by atoms with Gasteiger partial charge >= 0.3 is 5.63 Å². The zero-order valence-corrected chi connectivity index (χ0v) is 11.9. The van der Waals surface area contributed by atoms with Crippen LogP contribution in [-0.4, -0.2) is 15.3 Å². The average molecular weight is 305 g/mol. The summed E-state index contributed by atoms with van der Waals surface area (Å²) in [6, 6.07) is 14.1. The first kappa shape index (κ1) is 13.3. The molecule has 1 aromatic carbocycles. The van der Waals surface area contributed by atoms with E-state index in [1.54, 1.807) is 28.8 Å². The molecule has 0 spiro atoms. The Hall–Kier alpha value is -3.41. The number of imidazole rings is 1. The Morgan fingerprint density at radius 1 is 1.13 bits per heavy atom. The van der Waals surface area contributed by atoms with Crippen molar-refractivity contribution >= 4 is 28.3 Å². The predicted octanol–water partition coefficient (Wildman–Crippen LogP) is 2.69. The molecule has 0 bridgehead atoms. The number of rotatable bonds is 2. The topological polar surface area (TPSA) is 76.6 Å². The number of para-hydroxylation sites is 1. The van der Waals surface area contributed by atoms with Gasteiger partial charge in [-0.25, -0.2) is 9.78 Å². The molecule has 0 aliphatic heterocycles. The van der Waals surface area contributed by atoms with E-state index in [2.05, 4.69) is 10.3 Å². The molecule has 23 heavy (non-hydrogen) atoms. The van der Waals surface area contributed by atoms with Gasteiger partial charge in [0.15, 0.2) is 5.82 Å². The molecule has 4 aromatic rings. The summed E-state index contributed by atoms with van der Waals surface area (Å²) in [7, 11) is 0. The molecule has 1 N–H and O–H groups in total. The van der Waals surface area contributed by atoms with Gasteiger partial charge in [0.05, 0.1) is 6.20 Å². The fraction of sp³-hybridized carbons (Fsp3) is 0. The molecule has 3 aromatic heterocycles. The number of nitrogens with one attached hydrogen (secondary N) is 1. The van der Waals surface area contributed by atoms with Gasteiger partial charge in [0.2, 0.25) is 0 Å². The molecule has 0 unspecified atom stereocenters. The van der Waals surface area contributed by atoms with Gasteiger partial charge in [-0.05, 0) is 24.3 Å². The molecule has 0 aliphatic carbocycles. The smallest absolute Gasteiger partial charge is 0.349 e. The lowest BCUT2D eigenvalue weighted by Gasteiger charge is -2.02. The molecule has 6 heteroatoms. The SMILES string of the molecule is O=C(Nc1cn2ccccc2n1)c1cc2ccccc2oc1=O. The van der Waals surface area contributed by atoms with E-state index in [9.17, 15) is 9.59 Å². The van der Waals surface area contributed by atoms with Crippen LogP contribution in [0.3, 0.4) is 0 Å². The van der Waals surface area contributed by atoms with Crippen molar-refractivity contribution in [3.05, 3.63) is 76.9 Å². The second-order valence-corrected chi connectivity index (χ2v) is 5.03. The summed E-state index contributed by atoms with van der Waals surface area (Å²) in [5.41, 5.74) is 0.417. The van der Waals surface area contributed by atoms with E-state index in [-0.39, 0.29) is 5.56 Å². The Kier molecular flexibility index (Phi) is 2.94. The fourth-order valence-electron chi connectivity index (χ4n) is 2.40. The lowest BCUT2D eigenvalue weighted by atomic mass is 10.2. The summed E-state index contributed by atoms with van der Waals surface area (Å²) < 4.78 is 6.94. The van der Waals surface area contributed by atoms with Crippen molar-refractivity contribution in [2.75, 3.05) is 5.32 Å². The van der Waals surface area contributed by atoms with Crippen molar-refractivity contribution in [3.8, 4) is 0 Å². The van der Waals surface area contributed by atoms with Crippen molar-refractivity contribution in [1.82, 2.24) is 9.38 Å². The maximum Gasteiger partial charge on any atom is 0.349 e. The summed E-state index contributed by atoms with van der Waals surface area (Å²) in [5, 5.41) is 3.31. The Morgan fingerprint density at radius 2 is 1.96 bits per heavy atom. The third-order valence-corrected chi connectivity index (χ3v) is 3.49. The number of pyridine rings is 1. The van der Waals surface area contributed by atoms with Crippen LogP contribution in [0, 0.1) is 0 Å². The Labute approximate surface area is 130 Å². The third kappa shape index (κ3) is 2.36. The van der Waals surface area contributed by atoms with Crippen LogP contribution in [-0.2, 0) is 0 Å². The summed E-state index contributed by atoms with van der Waals surface area (Å²) in [6.07, 6.45) is 3.50. The van der Waals surface area contributed by atoms with Gasteiger partial charge in [0.25, 0.3) is 5.91 Å². The van der Waals surface area contributed by atoms with E-state index >= 15 is 0 Å². The van der Waals surface area contributed by atoms with Gasteiger partial charge < -0.3 is 14.1 Å². The minimum atomic E-state index is -0.676. The molecule has 0 saturated carbocycles. The molecule has 3 heterocycles. The van der Waals surface area contributed by atoms with E-state index in [0.717, 1.165) is 0 Å².